The molecule has 4 heteroatoms. The minimum absolute atomic E-state index is 0.108. The Bertz CT molecular complexity index is 394. The van der Waals surface area contributed by atoms with E-state index in [0.717, 1.165) is 5.56 Å². The summed E-state index contributed by atoms with van der Waals surface area (Å²) in [6, 6.07) is 9.73. The second-order valence-electron chi connectivity index (χ2n) is 4.66. The summed E-state index contributed by atoms with van der Waals surface area (Å²) in [5.74, 6) is -0.129. The summed E-state index contributed by atoms with van der Waals surface area (Å²) in [5.41, 5.74) is 6.76. The Hall–Kier alpha value is -1.39. The lowest BCUT2D eigenvalue weighted by Gasteiger charge is -2.33. The molecule has 1 aliphatic rings. The monoisotopic (exact) mass is 248 g/mol. The molecular formula is C14H20N2O2. The first-order valence-corrected chi connectivity index (χ1v) is 6.37. The maximum Gasteiger partial charge on any atom is 0.231 e. The van der Waals surface area contributed by atoms with E-state index in [2.05, 4.69) is 0 Å². The number of benzene rings is 1. The Morgan fingerprint density at radius 3 is 2.83 bits per heavy atom. The number of nitrogens with zero attached hydrogens (tertiary/aromatic N) is 1. The SMILES string of the molecule is CC1CN(C(=O)C(CN)c2ccccc2)CCO1. The van der Waals surface area contributed by atoms with Crippen LogP contribution in [0.2, 0.25) is 0 Å². The summed E-state index contributed by atoms with van der Waals surface area (Å²) < 4.78 is 5.45. The van der Waals surface area contributed by atoms with Gasteiger partial charge in [0, 0.05) is 19.6 Å². The molecule has 0 bridgehead atoms. The van der Waals surface area contributed by atoms with Crippen LogP contribution in [0.4, 0.5) is 0 Å². The summed E-state index contributed by atoms with van der Waals surface area (Å²) in [6.07, 6.45) is 0.108. The largest absolute Gasteiger partial charge is 0.375 e. The molecule has 0 spiro atoms. The predicted molar refractivity (Wildman–Crippen MR) is 70.2 cm³/mol. The molecule has 1 heterocycles. The second kappa shape index (κ2) is 5.98. The van der Waals surface area contributed by atoms with Crippen LogP contribution >= 0.6 is 0 Å². The van der Waals surface area contributed by atoms with Crippen LogP contribution < -0.4 is 5.73 Å². The molecule has 2 rings (SSSR count). The van der Waals surface area contributed by atoms with Gasteiger partial charge in [-0.1, -0.05) is 30.3 Å². The Labute approximate surface area is 108 Å². The number of hydrogen-bond acceptors (Lipinski definition) is 3. The van der Waals surface area contributed by atoms with Gasteiger partial charge in [0.25, 0.3) is 0 Å². The summed E-state index contributed by atoms with van der Waals surface area (Å²) >= 11 is 0. The lowest BCUT2D eigenvalue weighted by molar-refractivity contribution is -0.139. The normalized spacial score (nSPS) is 21.7. The van der Waals surface area contributed by atoms with Crippen LogP contribution in [0.5, 0.6) is 0 Å². The fourth-order valence-electron chi connectivity index (χ4n) is 2.30. The van der Waals surface area contributed by atoms with Crippen LogP contribution in [-0.4, -0.2) is 43.2 Å². The fraction of sp³-hybridized carbons (Fsp3) is 0.500. The highest BCUT2D eigenvalue weighted by Crippen LogP contribution is 2.19. The standard InChI is InChI=1S/C14H20N2O2/c1-11-10-16(7-8-18-11)14(17)13(9-15)12-5-3-2-4-6-12/h2-6,11,13H,7-10,15H2,1H3. The Balaban J connectivity index is 2.10. The first-order chi connectivity index (χ1) is 8.72. The number of nitrogens with two attached hydrogens (primary N) is 1. The quantitative estimate of drug-likeness (QED) is 0.867. The molecule has 0 aliphatic carbocycles. The molecule has 4 nitrogen and oxygen atoms in total. The van der Waals surface area contributed by atoms with Crippen molar-refractivity contribution < 1.29 is 9.53 Å². The van der Waals surface area contributed by atoms with Gasteiger partial charge in [0.1, 0.15) is 0 Å². The van der Waals surface area contributed by atoms with Crippen molar-refractivity contribution in [2.24, 2.45) is 5.73 Å². The minimum Gasteiger partial charge on any atom is -0.375 e. The lowest BCUT2D eigenvalue weighted by atomic mass is 9.97. The number of carbonyl (C=O) groups is 1. The van der Waals surface area contributed by atoms with Gasteiger partial charge in [0.15, 0.2) is 0 Å². The van der Waals surface area contributed by atoms with Crippen LogP contribution in [0.1, 0.15) is 18.4 Å². The van der Waals surface area contributed by atoms with E-state index in [4.69, 9.17) is 10.5 Å². The number of amides is 1. The molecule has 1 aromatic carbocycles. The highest BCUT2D eigenvalue weighted by molar-refractivity contribution is 5.84. The van der Waals surface area contributed by atoms with Crippen LogP contribution in [0.25, 0.3) is 0 Å². The molecular weight excluding hydrogens is 228 g/mol. The maximum atomic E-state index is 12.5. The molecule has 0 radical (unpaired) electrons. The first kappa shape index (κ1) is 13.1. The Morgan fingerprint density at radius 2 is 2.22 bits per heavy atom. The molecule has 2 atom stereocenters. The zero-order chi connectivity index (χ0) is 13.0. The van der Waals surface area contributed by atoms with Crippen molar-refractivity contribution in [3.05, 3.63) is 35.9 Å². The third-order valence-electron chi connectivity index (χ3n) is 3.29. The predicted octanol–water partition coefficient (Wildman–Crippen LogP) is 0.976. The van der Waals surface area contributed by atoms with Crippen molar-refractivity contribution in [1.29, 1.82) is 0 Å². The van der Waals surface area contributed by atoms with Crippen LogP contribution in [0.3, 0.4) is 0 Å². The number of hydrogen-bond donors (Lipinski definition) is 1. The summed E-state index contributed by atoms with van der Waals surface area (Å²) in [6.45, 7) is 4.25. The average Bonchev–Trinajstić information content (AvgIpc) is 2.41. The van der Waals surface area contributed by atoms with E-state index in [1.807, 2.05) is 42.2 Å². The molecule has 1 saturated heterocycles. The van der Waals surface area contributed by atoms with Crippen LogP contribution in [0, 0.1) is 0 Å². The molecule has 2 unspecified atom stereocenters. The van der Waals surface area contributed by atoms with Crippen molar-refractivity contribution in [3.8, 4) is 0 Å². The smallest absolute Gasteiger partial charge is 0.231 e. The van der Waals surface area contributed by atoms with Crippen molar-refractivity contribution in [3.63, 3.8) is 0 Å². The van der Waals surface area contributed by atoms with Crippen molar-refractivity contribution >= 4 is 5.91 Å². The highest BCUT2D eigenvalue weighted by atomic mass is 16.5. The third-order valence-corrected chi connectivity index (χ3v) is 3.29. The van der Waals surface area contributed by atoms with Crippen LogP contribution in [0.15, 0.2) is 30.3 Å². The van der Waals surface area contributed by atoms with E-state index in [0.29, 0.717) is 26.2 Å². The number of carbonyl (C=O) groups excluding carboxylic acids is 1. The highest BCUT2D eigenvalue weighted by Gasteiger charge is 2.27. The van der Waals surface area contributed by atoms with Crippen molar-refractivity contribution in [1.82, 2.24) is 4.90 Å². The molecule has 1 fully saturated rings. The molecule has 18 heavy (non-hydrogen) atoms. The van der Waals surface area contributed by atoms with E-state index in [1.165, 1.54) is 0 Å². The zero-order valence-electron chi connectivity index (χ0n) is 10.7. The third kappa shape index (κ3) is 2.89. The van der Waals surface area contributed by atoms with Gasteiger partial charge in [-0.3, -0.25) is 4.79 Å². The van der Waals surface area contributed by atoms with Crippen LogP contribution in [-0.2, 0) is 9.53 Å². The number of rotatable bonds is 3. The van der Waals surface area contributed by atoms with Gasteiger partial charge in [0.2, 0.25) is 5.91 Å². The van der Waals surface area contributed by atoms with Gasteiger partial charge in [-0.15, -0.1) is 0 Å². The fourth-order valence-corrected chi connectivity index (χ4v) is 2.30. The molecule has 2 N–H and O–H groups in total. The summed E-state index contributed by atoms with van der Waals surface area (Å²) in [5, 5.41) is 0. The Morgan fingerprint density at radius 1 is 1.50 bits per heavy atom. The van der Waals surface area contributed by atoms with E-state index in [-0.39, 0.29) is 17.9 Å². The van der Waals surface area contributed by atoms with E-state index in [9.17, 15) is 4.79 Å². The molecule has 1 aromatic rings. The molecule has 1 amide bonds. The van der Waals surface area contributed by atoms with E-state index < -0.39 is 0 Å². The summed E-state index contributed by atoms with van der Waals surface area (Å²) in [4.78, 5) is 14.3. The summed E-state index contributed by atoms with van der Waals surface area (Å²) in [7, 11) is 0. The van der Waals surface area contributed by atoms with E-state index in [1.54, 1.807) is 0 Å². The second-order valence-corrected chi connectivity index (χ2v) is 4.66. The molecule has 0 aromatic heterocycles. The van der Waals surface area contributed by atoms with Gasteiger partial charge in [0.05, 0.1) is 18.6 Å². The number of morpholine rings is 1. The number of ether oxygens (including phenoxy) is 1. The van der Waals surface area contributed by atoms with Gasteiger partial charge in [-0.2, -0.15) is 0 Å². The van der Waals surface area contributed by atoms with Gasteiger partial charge in [-0.25, -0.2) is 0 Å². The molecule has 1 aliphatic heterocycles. The molecule has 98 valence electrons. The first-order valence-electron chi connectivity index (χ1n) is 6.37. The minimum atomic E-state index is -0.239. The van der Waals surface area contributed by atoms with Crippen molar-refractivity contribution in [2.75, 3.05) is 26.2 Å². The lowest BCUT2D eigenvalue weighted by Crippen LogP contribution is -2.47. The van der Waals surface area contributed by atoms with Gasteiger partial charge >= 0.3 is 0 Å². The Kier molecular flexibility index (Phi) is 4.33. The molecule has 0 saturated carbocycles. The van der Waals surface area contributed by atoms with Gasteiger partial charge in [-0.05, 0) is 12.5 Å². The van der Waals surface area contributed by atoms with Gasteiger partial charge < -0.3 is 15.4 Å². The topological polar surface area (TPSA) is 55.6 Å². The van der Waals surface area contributed by atoms with E-state index >= 15 is 0 Å². The zero-order valence-corrected chi connectivity index (χ0v) is 10.7. The maximum absolute atomic E-state index is 12.5. The average molecular weight is 248 g/mol. The van der Waals surface area contributed by atoms with Crippen molar-refractivity contribution in [2.45, 2.75) is 18.9 Å².